The Kier molecular flexibility index (Phi) is 2.82. The first kappa shape index (κ1) is 10.6. The molecular weight excluding hydrogens is 212 g/mol. The van der Waals surface area contributed by atoms with E-state index in [1.54, 1.807) is 0 Å². The predicted octanol–water partition coefficient (Wildman–Crippen LogP) is 0.582. The van der Waals surface area contributed by atoms with Crippen LogP contribution in [0.5, 0.6) is 17.2 Å². The molecule has 0 aliphatic rings. The maximum Gasteiger partial charge on any atom is 0.446 e. The molecule has 14 heavy (non-hydrogen) atoms. The Morgan fingerprint density at radius 2 is 2.00 bits per heavy atom. The fourth-order valence-electron chi connectivity index (χ4n) is 0.888. The zero-order valence-corrected chi connectivity index (χ0v) is 7.98. The third kappa shape index (κ3) is 2.51. The maximum atomic E-state index is 10.4. The van der Waals surface area contributed by atoms with E-state index in [1.807, 2.05) is 0 Å². The van der Waals surface area contributed by atoms with Crippen LogP contribution in [-0.2, 0) is 10.4 Å². The molecule has 0 aromatic heterocycles. The molecule has 0 atom stereocenters. The summed E-state index contributed by atoms with van der Waals surface area (Å²) in [5.74, 6) is -0.728. The predicted molar refractivity (Wildman–Crippen MR) is 46.8 cm³/mol. The molecule has 2 N–H and O–H groups in total. The Morgan fingerprint density at radius 3 is 2.50 bits per heavy atom. The van der Waals surface area contributed by atoms with Crippen LogP contribution in [0, 0.1) is 0 Å². The van der Waals surface area contributed by atoms with Gasteiger partial charge in [0.05, 0.1) is 7.11 Å². The highest BCUT2D eigenvalue weighted by Crippen LogP contribution is 2.36. The molecule has 1 aromatic rings. The van der Waals surface area contributed by atoms with Crippen LogP contribution in [0.25, 0.3) is 0 Å². The van der Waals surface area contributed by atoms with Crippen molar-refractivity contribution in [2.45, 2.75) is 0 Å². The molecule has 0 heterocycles. The zero-order valence-electron chi connectivity index (χ0n) is 7.17. The summed E-state index contributed by atoms with van der Waals surface area (Å²) in [7, 11) is -3.39. The van der Waals surface area contributed by atoms with Crippen molar-refractivity contribution in [3.63, 3.8) is 0 Å². The molecule has 7 heteroatoms. The van der Waals surface area contributed by atoms with Gasteiger partial charge in [0.25, 0.3) is 0 Å². The molecule has 0 aliphatic carbocycles. The Morgan fingerprint density at radius 1 is 1.36 bits per heavy atom. The van der Waals surface area contributed by atoms with Gasteiger partial charge >= 0.3 is 10.4 Å². The smallest absolute Gasteiger partial charge is 0.446 e. The average Bonchev–Trinajstić information content (AvgIpc) is 2.01. The minimum atomic E-state index is -4.62. The first-order chi connectivity index (χ1) is 6.44. The molecule has 0 spiro atoms. The molecule has 0 unspecified atom stereocenters. The number of methoxy groups -OCH3 is 1. The summed E-state index contributed by atoms with van der Waals surface area (Å²) in [5, 5.41) is 9.21. The molecule has 0 bridgehead atoms. The van der Waals surface area contributed by atoms with Crippen molar-refractivity contribution in [1.29, 1.82) is 0 Å². The van der Waals surface area contributed by atoms with Crippen LogP contribution in [0.15, 0.2) is 18.2 Å². The van der Waals surface area contributed by atoms with Gasteiger partial charge < -0.3 is 14.0 Å². The normalized spacial score (nSPS) is 11.0. The molecular formula is C7H8O6S. The van der Waals surface area contributed by atoms with Gasteiger partial charge in [-0.1, -0.05) is 6.07 Å². The second-order valence-corrected chi connectivity index (χ2v) is 3.34. The van der Waals surface area contributed by atoms with Crippen molar-refractivity contribution in [3.05, 3.63) is 18.2 Å². The van der Waals surface area contributed by atoms with Crippen LogP contribution in [0.2, 0.25) is 0 Å². The molecule has 0 fully saturated rings. The van der Waals surface area contributed by atoms with Crippen LogP contribution < -0.4 is 8.92 Å². The minimum absolute atomic E-state index is 0.162. The number of ether oxygens (including phenoxy) is 1. The number of rotatable bonds is 3. The first-order valence-corrected chi connectivity index (χ1v) is 4.83. The molecule has 0 aliphatic heterocycles. The highest BCUT2D eigenvalue weighted by Gasteiger charge is 2.14. The lowest BCUT2D eigenvalue weighted by Gasteiger charge is -2.08. The van der Waals surface area contributed by atoms with Crippen molar-refractivity contribution in [2.75, 3.05) is 7.11 Å². The van der Waals surface area contributed by atoms with Gasteiger partial charge in [-0.25, -0.2) is 0 Å². The van der Waals surface area contributed by atoms with Gasteiger partial charge in [-0.3, -0.25) is 4.55 Å². The molecule has 78 valence electrons. The molecule has 0 saturated carbocycles. The standard InChI is InChI=1S/C7H8O6S/c1-12-7-5(8)3-2-4-6(7)13-14(9,10)11/h2-4,8H,1H3,(H,9,10,11). The fraction of sp³-hybridized carbons (Fsp3) is 0.143. The van der Waals surface area contributed by atoms with Crippen LogP contribution >= 0.6 is 0 Å². The molecule has 0 saturated heterocycles. The van der Waals surface area contributed by atoms with E-state index in [4.69, 9.17) is 4.55 Å². The SMILES string of the molecule is COc1c(O)cccc1OS(=O)(=O)O. The van der Waals surface area contributed by atoms with Gasteiger partial charge in [0.15, 0.2) is 11.5 Å². The molecule has 1 aromatic carbocycles. The number of hydrogen-bond acceptors (Lipinski definition) is 5. The highest BCUT2D eigenvalue weighted by atomic mass is 32.3. The lowest BCUT2D eigenvalue weighted by atomic mass is 10.3. The van der Waals surface area contributed by atoms with Gasteiger partial charge in [0.2, 0.25) is 5.75 Å². The second kappa shape index (κ2) is 3.72. The summed E-state index contributed by atoms with van der Waals surface area (Å²) in [4.78, 5) is 0. The van der Waals surface area contributed by atoms with Gasteiger partial charge in [-0.05, 0) is 12.1 Å². The quantitative estimate of drug-likeness (QED) is 0.724. The lowest BCUT2D eigenvalue weighted by molar-refractivity contribution is 0.342. The third-order valence-electron chi connectivity index (χ3n) is 1.36. The molecule has 1 rings (SSSR count). The number of hydrogen-bond donors (Lipinski definition) is 2. The van der Waals surface area contributed by atoms with Crippen LogP contribution in [0.1, 0.15) is 0 Å². The lowest BCUT2D eigenvalue weighted by Crippen LogP contribution is -2.07. The number of aromatic hydroxyl groups is 1. The number of benzene rings is 1. The largest absolute Gasteiger partial charge is 0.504 e. The summed E-state index contributed by atoms with van der Waals surface area (Å²) in [6, 6.07) is 3.86. The summed E-state index contributed by atoms with van der Waals surface area (Å²) in [6.45, 7) is 0. The van der Waals surface area contributed by atoms with Crippen LogP contribution in [0.3, 0.4) is 0 Å². The Hall–Kier alpha value is -1.47. The number of phenolic OH excluding ortho intramolecular Hbond substituents is 1. The highest BCUT2D eigenvalue weighted by molar-refractivity contribution is 7.81. The Balaban J connectivity index is 3.15. The van der Waals surface area contributed by atoms with Crippen molar-refractivity contribution in [2.24, 2.45) is 0 Å². The monoisotopic (exact) mass is 220 g/mol. The van der Waals surface area contributed by atoms with Crippen LogP contribution in [0.4, 0.5) is 0 Å². The van der Waals surface area contributed by atoms with E-state index in [9.17, 15) is 13.5 Å². The van der Waals surface area contributed by atoms with Crippen molar-refractivity contribution < 1.29 is 27.0 Å². The zero-order chi connectivity index (χ0) is 10.8. The van der Waals surface area contributed by atoms with Gasteiger partial charge in [0.1, 0.15) is 0 Å². The summed E-state index contributed by atoms with van der Waals surface area (Å²) < 4.78 is 38.0. The average molecular weight is 220 g/mol. The van der Waals surface area contributed by atoms with Crippen molar-refractivity contribution in [3.8, 4) is 17.2 Å². The van der Waals surface area contributed by atoms with Gasteiger partial charge in [0, 0.05) is 0 Å². The topological polar surface area (TPSA) is 93.1 Å². The van der Waals surface area contributed by atoms with E-state index in [0.29, 0.717) is 0 Å². The van der Waals surface area contributed by atoms with E-state index in [0.717, 1.165) is 0 Å². The maximum absolute atomic E-state index is 10.4. The van der Waals surface area contributed by atoms with E-state index < -0.39 is 10.4 Å². The minimum Gasteiger partial charge on any atom is -0.504 e. The fourth-order valence-corrected chi connectivity index (χ4v) is 1.25. The molecule has 0 amide bonds. The molecule has 6 nitrogen and oxygen atoms in total. The van der Waals surface area contributed by atoms with Crippen molar-refractivity contribution >= 4 is 10.4 Å². The Bertz CT molecular complexity index is 424. The number of phenols is 1. The van der Waals surface area contributed by atoms with E-state index in [-0.39, 0.29) is 17.2 Å². The van der Waals surface area contributed by atoms with Gasteiger partial charge in [-0.15, -0.1) is 0 Å². The van der Waals surface area contributed by atoms with Crippen molar-refractivity contribution in [1.82, 2.24) is 0 Å². The molecule has 0 radical (unpaired) electrons. The van der Waals surface area contributed by atoms with E-state index in [2.05, 4.69) is 8.92 Å². The van der Waals surface area contributed by atoms with E-state index in [1.165, 1.54) is 25.3 Å². The third-order valence-corrected chi connectivity index (χ3v) is 1.75. The summed E-state index contributed by atoms with van der Waals surface area (Å²) >= 11 is 0. The number of para-hydroxylation sites is 1. The second-order valence-electron chi connectivity index (χ2n) is 2.32. The van der Waals surface area contributed by atoms with Crippen LogP contribution in [-0.4, -0.2) is 25.2 Å². The Labute approximate surface area is 80.7 Å². The van der Waals surface area contributed by atoms with E-state index >= 15 is 0 Å². The summed E-state index contributed by atoms with van der Waals surface area (Å²) in [6.07, 6.45) is 0. The van der Waals surface area contributed by atoms with Gasteiger partial charge in [-0.2, -0.15) is 8.42 Å². The first-order valence-electron chi connectivity index (χ1n) is 3.47. The summed E-state index contributed by atoms with van der Waals surface area (Å²) in [5.41, 5.74) is 0.